The highest BCUT2D eigenvalue weighted by molar-refractivity contribution is 7.89. The second-order valence-electron chi connectivity index (χ2n) is 11.2. The summed E-state index contributed by atoms with van der Waals surface area (Å²) in [7, 11) is -3.36. The van der Waals surface area contributed by atoms with Crippen molar-refractivity contribution in [2.75, 3.05) is 25.4 Å². The molecule has 0 radical (unpaired) electrons. The van der Waals surface area contributed by atoms with Gasteiger partial charge in [0.25, 0.3) is 0 Å². The molecule has 1 saturated heterocycles. The van der Waals surface area contributed by atoms with Crippen LogP contribution in [0.25, 0.3) is 21.9 Å². The number of sulfonamides is 1. The number of H-pyrrole nitrogens is 1. The van der Waals surface area contributed by atoms with Crippen LogP contribution < -0.4 is 4.74 Å². The van der Waals surface area contributed by atoms with Gasteiger partial charge in [-0.3, -0.25) is 4.98 Å². The number of aromatic nitrogens is 3. The molecule has 3 aromatic heterocycles. The molecule has 2 fully saturated rings. The highest BCUT2D eigenvalue weighted by atomic mass is 32.2. The summed E-state index contributed by atoms with van der Waals surface area (Å²) in [5.41, 5.74) is 3.26. The molecule has 2 N–H and O–H groups in total. The highest BCUT2D eigenvalue weighted by Gasteiger charge is 2.33. The van der Waals surface area contributed by atoms with Crippen LogP contribution in [0.4, 0.5) is 0 Å². The zero-order chi connectivity index (χ0) is 27.7. The molecular weight excluding hydrogens is 528 g/mol. The minimum absolute atomic E-state index is 0.109. The number of benzene rings is 1. The molecule has 1 aliphatic heterocycles. The number of rotatable bonds is 8. The molecule has 4 heterocycles. The third kappa shape index (κ3) is 5.55. The summed E-state index contributed by atoms with van der Waals surface area (Å²) >= 11 is 0. The van der Waals surface area contributed by atoms with Crippen LogP contribution in [0.5, 0.6) is 5.75 Å². The smallest absolute Gasteiger partial charge is 0.335 e. The van der Waals surface area contributed by atoms with E-state index in [2.05, 4.69) is 27.1 Å². The van der Waals surface area contributed by atoms with Gasteiger partial charge in [0.1, 0.15) is 11.4 Å². The SMILES string of the molecule is O=C(O)c1ccc(OCC2CCCN(S(=O)(=O)CC3CCC(c4ccnc5cnc6[nH]ccc6c45)CC3)C2)cc1. The average Bonchev–Trinajstić information content (AvgIpc) is 3.46. The van der Waals surface area contributed by atoms with Gasteiger partial charge in [-0.2, -0.15) is 0 Å². The van der Waals surface area contributed by atoms with Crippen LogP contribution in [0.3, 0.4) is 0 Å². The van der Waals surface area contributed by atoms with Crippen molar-refractivity contribution >= 4 is 37.9 Å². The van der Waals surface area contributed by atoms with E-state index in [1.54, 1.807) is 16.4 Å². The van der Waals surface area contributed by atoms with Gasteiger partial charge in [-0.25, -0.2) is 22.5 Å². The molecule has 0 bridgehead atoms. The van der Waals surface area contributed by atoms with Crippen molar-refractivity contribution in [2.45, 2.75) is 44.4 Å². The van der Waals surface area contributed by atoms with Crippen LogP contribution >= 0.6 is 0 Å². The van der Waals surface area contributed by atoms with Gasteiger partial charge in [0, 0.05) is 42.2 Å². The number of hydrogen-bond acceptors (Lipinski definition) is 6. The van der Waals surface area contributed by atoms with Crippen molar-refractivity contribution in [3.63, 3.8) is 0 Å². The standard InChI is InChI=1S/C30H34N4O5S/c35-30(36)23-7-9-24(10-8-23)39-18-21-2-1-15-34(17-21)40(37,38)19-20-3-5-22(6-4-20)25-11-13-31-27-16-33-29-26(28(25)27)12-14-32-29/h7-14,16,20-22H,1-6,15,17-19H2,(H,32,33)(H,35,36). The lowest BCUT2D eigenvalue weighted by Gasteiger charge is -2.34. The predicted octanol–water partition coefficient (Wildman–Crippen LogP) is 5.20. The van der Waals surface area contributed by atoms with Gasteiger partial charge in [0.05, 0.1) is 29.6 Å². The maximum absolute atomic E-state index is 13.4. The number of carbonyl (C=O) groups is 1. The van der Waals surface area contributed by atoms with Crippen molar-refractivity contribution in [2.24, 2.45) is 11.8 Å². The van der Waals surface area contributed by atoms with E-state index < -0.39 is 16.0 Å². The number of aromatic carboxylic acids is 1. The first-order valence-corrected chi connectivity index (χ1v) is 15.6. The molecule has 2 aliphatic rings. The molecule has 1 atom stereocenters. The van der Waals surface area contributed by atoms with E-state index in [1.807, 2.05) is 18.6 Å². The Morgan fingerprint density at radius 2 is 1.82 bits per heavy atom. The molecule has 0 spiro atoms. The zero-order valence-corrected chi connectivity index (χ0v) is 23.1. The van der Waals surface area contributed by atoms with Crippen molar-refractivity contribution in [1.29, 1.82) is 0 Å². The maximum Gasteiger partial charge on any atom is 0.335 e. The minimum atomic E-state index is -3.36. The Labute approximate surface area is 233 Å². The summed E-state index contributed by atoms with van der Waals surface area (Å²) in [6, 6.07) is 10.5. The quantitative estimate of drug-likeness (QED) is 0.302. The molecule has 9 nitrogen and oxygen atoms in total. The van der Waals surface area contributed by atoms with Crippen LogP contribution in [-0.4, -0.2) is 64.2 Å². The molecule has 1 unspecified atom stereocenters. The first-order chi connectivity index (χ1) is 19.4. The molecule has 10 heteroatoms. The molecule has 1 aliphatic carbocycles. The third-order valence-electron chi connectivity index (χ3n) is 8.52. The lowest BCUT2D eigenvalue weighted by molar-refractivity contribution is 0.0697. The Bertz CT molecular complexity index is 1610. The zero-order valence-electron chi connectivity index (χ0n) is 22.3. The summed E-state index contributed by atoms with van der Waals surface area (Å²) in [6.45, 7) is 1.44. The van der Waals surface area contributed by atoms with E-state index in [1.165, 1.54) is 17.7 Å². The van der Waals surface area contributed by atoms with Gasteiger partial charge in [-0.05, 0) is 92.3 Å². The first kappa shape index (κ1) is 26.7. The van der Waals surface area contributed by atoms with Gasteiger partial charge < -0.3 is 14.8 Å². The molecule has 0 amide bonds. The van der Waals surface area contributed by atoms with Crippen LogP contribution in [0, 0.1) is 11.8 Å². The average molecular weight is 563 g/mol. The monoisotopic (exact) mass is 562 g/mol. The van der Waals surface area contributed by atoms with Gasteiger partial charge in [0.15, 0.2) is 0 Å². The number of nitrogens with zero attached hydrogens (tertiary/aromatic N) is 3. The van der Waals surface area contributed by atoms with Crippen LogP contribution in [0.2, 0.25) is 0 Å². The number of carboxylic acids is 1. The molecule has 1 aromatic carbocycles. The fourth-order valence-corrected chi connectivity index (χ4v) is 8.37. The van der Waals surface area contributed by atoms with Crippen LogP contribution in [0.1, 0.15) is 60.4 Å². The summed E-state index contributed by atoms with van der Waals surface area (Å²) in [5.74, 6) is 0.469. The number of carboxylic acid groups (broad SMARTS) is 1. The van der Waals surface area contributed by atoms with Gasteiger partial charge >= 0.3 is 5.97 Å². The lowest BCUT2D eigenvalue weighted by atomic mass is 9.78. The van der Waals surface area contributed by atoms with E-state index in [0.717, 1.165) is 60.5 Å². The Kier molecular flexibility index (Phi) is 7.46. The van der Waals surface area contributed by atoms with E-state index in [9.17, 15) is 13.2 Å². The second kappa shape index (κ2) is 11.2. The largest absolute Gasteiger partial charge is 0.493 e. The highest BCUT2D eigenvalue weighted by Crippen LogP contribution is 2.40. The molecule has 6 rings (SSSR count). The molecular formula is C30H34N4O5S. The van der Waals surface area contributed by atoms with Crippen molar-refractivity contribution in [1.82, 2.24) is 19.3 Å². The van der Waals surface area contributed by atoms with Gasteiger partial charge in [0.2, 0.25) is 10.0 Å². The predicted molar refractivity (Wildman–Crippen MR) is 153 cm³/mol. The van der Waals surface area contributed by atoms with Crippen LogP contribution in [-0.2, 0) is 10.0 Å². The number of hydrogen-bond donors (Lipinski definition) is 2. The summed E-state index contributed by atoms with van der Waals surface area (Å²) < 4.78 is 34.4. The summed E-state index contributed by atoms with van der Waals surface area (Å²) in [4.78, 5) is 23.2. The fraction of sp³-hybridized carbons (Fsp3) is 0.433. The maximum atomic E-state index is 13.4. The molecule has 1 saturated carbocycles. The Hall–Kier alpha value is -3.50. The van der Waals surface area contributed by atoms with Crippen molar-refractivity contribution < 1.29 is 23.1 Å². The third-order valence-corrected chi connectivity index (χ3v) is 10.5. The van der Waals surface area contributed by atoms with E-state index in [-0.39, 0.29) is 23.2 Å². The number of aromatic amines is 1. The number of nitrogens with one attached hydrogen (secondary N) is 1. The van der Waals surface area contributed by atoms with Crippen molar-refractivity contribution in [3.05, 3.63) is 66.1 Å². The number of piperidine rings is 1. The fourth-order valence-electron chi connectivity index (χ4n) is 6.39. The van der Waals surface area contributed by atoms with Crippen LogP contribution in [0.15, 0.2) is 55.0 Å². The number of fused-ring (bicyclic) bond motifs is 3. The number of pyridine rings is 2. The van der Waals surface area contributed by atoms with Crippen molar-refractivity contribution in [3.8, 4) is 5.75 Å². The topological polar surface area (TPSA) is 125 Å². The Balaban J connectivity index is 1.05. The van der Waals surface area contributed by atoms with E-state index >= 15 is 0 Å². The Morgan fingerprint density at radius 1 is 1.02 bits per heavy atom. The minimum Gasteiger partial charge on any atom is -0.493 e. The normalized spacial score (nSPS) is 22.4. The summed E-state index contributed by atoms with van der Waals surface area (Å²) in [6.07, 6.45) is 11.0. The van der Waals surface area contributed by atoms with E-state index in [4.69, 9.17) is 9.84 Å². The molecule has 40 heavy (non-hydrogen) atoms. The number of ether oxygens (including phenoxy) is 1. The summed E-state index contributed by atoms with van der Waals surface area (Å²) in [5, 5.41) is 11.3. The first-order valence-electron chi connectivity index (χ1n) is 14.0. The Morgan fingerprint density at radius 3 is 2.60 bits per heavy atom. The molecule has 4 aromatic rings. The molecule has 210 valence electrons. The lowest BCUT2D eigenvalue weighted by Crippen LogP contribution is -2.43. The van der Waals surface area contributed by atoms with Gasteiger partial charge in [-0.1, -0.05) is 0 Å². The second-order valence-corrected chi connectivity index (χ2v) is 13.2. The van der Waals surface area contributed by atoms with Gasteiger partial charge in [-0.15, -0.1) is 0 Å². The van der Waals surface area contributed by atoms with E-state index in [0.29, 0.717) is 31.4 Å².